The fraction of sp³-hybridized carbons (Fsp3) is 0.100. The van der Waals surface area contributed by atoms with Crippen molar-refractivity contribution in [1.29, 1.82) is 5.41 Å². The van der Waals surface area contributed by atoms with Crippen LogP contribution in [-0.4, -0.2) is 30.1 Å². The molecule has 0 atom stereocenters. The quantitative estimate of drug-likeness (QED) is 0.536. The number of halogens is 2. The van der Waals surface area contributed by atoms with Crippen molar-refractivity contribution < 1.29 is 23.4 Å². The lowest BCUT2D eigenvalue weighted by molar-refractivity contribution is -0.0502. The number of carboxylic acids is 1. The number of carbonyl (C=O) groups is 1. The van der Waals surface area contributed by atoms with E-state index in [4.69, 9.17) is 10.5 Å². The van der Waals surface area contributed by atoms with E-state index < -0.39 is 23.9 Å². The van der Waals surface area contributed by atoms with Gasteiger partial charge in [-0.1, -0.05) is 6.07 Å². The molecule has 0 aliphatic rings. The van der Waals surface area contributed by atoms with E-state index in [-0.39, 0.29) is 5.69 Å². The van der Waals surface area contributed by atoms with E-state index >= 15 is 0 Å². The maximum Gasteiger partial charge on any atom is 0.387 e. The highest BCUT2D eigenvalue weighted by atomic mass is 19.3. The molecule has 3 N–H and O–H groups in total. The molecule has 0 aliphatic heterocycles. The molecule has 0 aromatic heterocycles. The number of nitrogens with zero attached hydrogens (tertiary/aromatic N) is 1. The molecule has 0 spiro atoms. The highest BCUT2D eigenvalue weighted by Crippen LogP contribution is 2.27. The molecule has 0 aliphatic carbocycles. The lowest BCUT2D eigenvalue weighted by atomic mass is 10.1. The molecule has 18 heavy (non-hydrogen) atoms. The Bertz CT molecular complexity index is 477. The summed E-state index contributed by atoms with van der Waals surface area (Å²) < 4.78 is 28.3. The standard InChI is InChI=1S/C10H9F2N3O3/c11-10(12)18-7-3-1-2-6(8(7)9(16)17)15-14-5-4-13/h1-5,10,13,15H,(H,16,17)/b13-4?,14-5-. The highest BCUT2D eigenvalue weighted by molar-refractivity contribution is 6.14. The van der Waals surface area contributed by atoms with E-state index in [0.717, 1.165) is 18.5 Å². The van der Waals surface area contributed by atoms with Crippen LogP contribution >= 0.6 is 0 Å². The summed E-state index contributed by atoms with van der Waals surface area (Å²) in [6.45, 7) is -3.12. The zero-order valence-corrected chi connectivity index (χ0v) is 8.93. The maximum absolute atomic E-state index is 12.1. The topological polar surface area (TPSA) is 94.8 Å². The van der Waals surface area contributed by atoms with Crippen LogP contribution in [0, 0.1) is 5.41 Å². The van der Waals surface area contributed by atoms with Crippen molar-refractivity contribution in [2.75, 3.05) is 5.43 Å². The van der Waals surface area contributed by atoms with E-state index in [9.17, 15) is 13.6 Å². The molecule has 0 amide bonds. The van der Waals surface area contributed by atoms with Crippen LogP contribution in [0.3, 0.4) is 0 Å². The average Bonchev–Trinajstić information content (AvgIpc) is 2.28. The predicted molar refractivity (Wildman–Crippen MR) is 60.9 cm³/mol. The van der Waals surface area contributed by atoms with Crippen LogP contribution in [0.15, 0.2) is 23.3 Å². The lowest BCUT2D eigenvalue weighted by Crippen LogP contribution is -2.10. The number of aromatic carboxylic acids is 1. The van der Waals surface area contributed by atoms with Gasteiger partial charge >= 0.3 is 12.6 Å². The number of hydrogen-bond acceptors (Lipinski definition) is 5. The summed E-state index contributed by atoms with van der Waals surface area (Å²) in [7, 11) is 0. The van der Waals surface area contributed by atoms with Gasteiger partial charge in [-0.3, -0.25) is 5.43 Å². The first-order valence-electron chi connectivity index (χ1n) is 4.65. The minimum absolute atomic E-state index is 0.0150. The van der Waals surface area contributed by atoms with Gasteiger partial charge in [0.25, 0.3) is 0 Å². The third-order valence-corrected chi connectivity index (χ3v) is 1.79. The van der Waals surface area contributed by atoms with Crippen LogP contribution in [0.25, 0.3) is 0 Å². The smallest absolute Gasteiger partial charge is 0.387 e. The SMILES string of the molecule is N=C/C=N\Nc1cccc(OC(F)F)c1C(=O)O. The molecule has 0 unspecified atom stereocenters. The summed E-state index contributed by atoms with van der Waals surface area (Å²) in [5, 5.41) is 19.1. The maximum atomic E-state index is 12.1. The third-order valence-electron chi connectivity index (χ3n) is 1.79. The van der Waals surface area contributed by atoms with Crippen molar-refractivity contribution >= 4 is 24.1 Å². The number of anilines is 1. The van der Waals surface area contributed by atoms with Crippen molar-refractivity contribution in [3.8, 4) is 5.75 Å². The van der Waals surface area contributed by atoms with Crippen LogP contribution in [0.5, 0.6) is 5.75 Å². The summed E-state index contributed by atoms with van der Waals surface area (Å²) >= 11 is 0. The number of hydrogen-bond donors (Lipinski definition) is 3. The number of hydrazone groups is 1. The van der Waals surface area contributed by atoms with Crippen LogP contribution in [0.2, 0.25) is 0 Å². The minimum Gasteiger partial charge on any atom is -0.477 e. The average molecular weight is 257 g/mol. The van der Waals surface area contributed by atoms with Crippen molar-refractivity contribution in [2.45, 2.75) is 6.61 Å². The van der Waals surface area contributed by atoms with Gasteiger partial charge in [0.1, 0.15) is 11.3 Å². The Hall–Kier alpha value is -2.51. The Morgan fingerprint density at radius 3 is 2.83 bits per heavy atom. The summed E-state index contributed by atoms with van der Waals surface area (Å²) in [6.07, 6.45) is 1.93. The second kappa shape index (κ2) is 6.28. The first-order valence-corrected chi connectivity index (χ1v) is 4.65. The largest absolute Gasteiger partial charge is 0.477 e. The van der Waals surface area contributed by atoms with Crippen LogP contribution in [0.4, 0.5) is 14.5 Å². The number of carboxylic acid groups (broad SMARTS) is 1. The first kappa shape index (κ1) is 13.6. The summed E-state index contributed by atoms with van der Waals surface area (Å²) in [5.74, 6) is -1.90. The monoisotopic (exact) mass is 257 g/mol. The van der Waals surface area contributed by atoms with Gasteiger partial charge in [0.2, 0.25) is 0 Å². The normalized spacial score (nSPS) is 10.6. The van der Waals surface area contributed by atoms with E-state index in [2.05, 4.69) is 15.3 Å². The van der Waals surface area contributed by atoms with E-state index in [0.29, 0.717) is 0 Å². The fourth-order valence-electron chi connectivity index (χ4n) is 1.18. The number of rotatable bonds is 6. The van der Waals surface area contributed by atoms with Gasteiger partial charge in [-0.05, 0) is 12.1 Å². The highest BCUT2D eigenvalue weighted by Gasteiger charge is 2.19. The van der Waals surface area contributed by atoms with Crippen molar-refractivity contribution in [2.24, 2.45) is 5.10 Å². The molecule has 0 saturated carbocycles. The van der Waals surface area contributed by atoms with Crippen molar-refractivity contribution in [1.82, 2.24) is 0 Å². The molecular weight excluding hydrogens is 248 g/mol. The Labute approximate surface area is 100 Å². The van der Waals surface area contributed by atoms with E-state index in [1.165, 1.54) is 12.1 Å². The molecule has 6 nitrogen and oxygen atoms in total. The minimum atomic E-state index is -3.12. The van der Waals surface area contributed by atoms with Gasteiger partial charge in [0.05, 0.1) is 11.9 Å². The van der Waals surface area contributed by atoms with Gasteiger partial charge < -0.3 is 15.3 Å². The van der Waals surface area contributed by atoms with E-state index in [1.54, 1.807) is 0 Å². The molecule has 1 rings (SSSR count). The predicted octanol–water partition coefficient (Wildman–Crippen LogP) is 2.03. The summed E-state index contributed by atoms with van der Waals surface area (Å²) in [6, 6.07) is 3.79. The number of benzene rings is 1. The zero-order chi connectivity index (χ0) is 13.5. The number of ether oxygens (including phenoxy) is 1. The molecule has 0 saturated heterocycles. The van der Waals surface area contributed by atoms with Gasteiger partial charge in [-0.25, -0.2) is 4.79 Å². The van der Waals surface area contributed by atoms with Gasteiger partial charge in [0.15, 0.2) is 0 Å². The Morgan fingerprint density at radius 1 is 1.56 bits per heavy atom. The summed E-state index contributed by atoms with van der Waals surface area (Å²) in [4.78, 5) is 11.0. The molecule has 1 aromatic rings. The van der Waals surface area contributed by atoms with E-state index in [1.807, 2.05) is 0 Å². The van der Waals surface area contributed by atoms with Gasteiger partial charge in [-0.15, -0.1) is 0 Å². The van der Waals surface area contributed by atoms with Crippen molar-refractivity contribution in [3.05, 3.63) is 23.8 Å². The molecule has 96 valence electrons. The Morgan fingerprint density at radius 2 is 2.28 bits per heavy atom. The molecule has 1 aromatic carbocycles. The lowest BCUT2D eigenvalue weighted by Gasteiger charge is -2.11. The molecule has 0 fully saturated rings. The first-order chi connectivity index (χ1) is 8.56. The van der Waals surface area contributed by atoms with Crippen LogP contribution in [0.1, 0.15) is 10.4 Å². The Kier molecular flexibility index (Phi) is 4.73. The molecule has 8 heteroatoms. The van der Waals surface area contributed by atoms with Crippen LogP contribution in [-0.2, 0) is 0 Å². The number of alkyl halides is 2. The second-order valence-electron chi connectivity index (χ2n) is 2.92. The molecule has 0 heterocycles. The Balaban J connectivity index is 3.12. The van der Waals surface area contributed by atoms with Crippen molar-refractivity contribution in [3.63, 3.8) is 0 Å². The molecule has 0 bridgehead atoms. The van der Waals surface area contributed by atoms with Crippen LogP contribution < -0.4 is 10.2 Å². The number of nitrogens with one attached hydrogen (secondary N) is 2. The third kappa shape index (κ3) is 3.51. The van der Waals surface area contributed by atoms with Gasteiger partial charge in [-0.2, -0.15) is 13.9 Å². The molecular formula is C10H9F2N3O3. The molecule has 0 radical (unpaired) electrons. The van der Waals surface area contributed by atoms with Gasteiger partial charge in [0, 0.05) is 6.21 Å². The summed E-state index contributed by atoms with van der Waals surface area (Å²) in [5.41, 5.74) is 1.85. The second-order valence-corrected chi connectivity index (χ2v) is 2.92. The fourth-order valence-corrected chi connectivity index (χ4v) is 1.18. The zero-order valence-electron chi connectivity index (χ0n) is 8.93.